The van der Waals surface area contributed by atoms with Gasteiger partial charge in [0.25, 0.3) is 11.8 Å². The van der Waals surface area contributed by atoms with Crippen molar-refractivity contribution in [2.75, 3.05) is 0 Å². The van der Waals surface area contributed by atoms with Crippen molar-refractivity contribution in [3.63, 3.8) is 0 Å². The molecule has 178 valence electrons. The van der Waals surface area contributed by atoms with Gasteiger partial charge in [-0.2, -0.15) is 10.4 Å². The number of carbonyl (C=O) groups excluding carboxylic acids is 2. The van der Waals surface area contributed by atoms with Gasteiger partial charge in [0, 0.05) is 5.56 Å². The van der Waals surface area contributed by atoms with E-state index in [4.69, 9.17) is 21.6 Å². The molecule has 0 fully saturated rings. The van der Waals surface area contributed by atoms with E-state index in [1.165, 1.54) is 6.21 Å². The van der Waals surface area contributed by atoms with Gasteiger partial charge in [0.05, 0.1) is 28.4 Å². The number of hydrazone groups is 1. The topological polar surface area (TPSA) is 104 Å². The van der Waals surface area contributed by atoms with Crippen LogP contribution in [0.15, 0.2) is 77.9 Å². The fraction of sp³-hybridized carbons (Fsp3) is 0.185. The molecule has 0 radical (unpaired) electrons. The number of rotatable bonds is 9. The van der Waals surface area contributed by atoms with Crippen molar-refractivity contribution in [3.8, 4) is 11.8 Å². The highest BCUT2D eigenvalue weighted by molar-refractivity contribution is 6.33. The minimum absolute atomic E-state index is 0.167. The molecule has 0 saturated heterocycles. The van der Waals surface area contributed by atoms with Crippen molar-refractivity contribution in [1.29, 1.82) is 5.26 Å². The van der Waals surface area contributed by atoms with E-state index >= 15 is 0 Å². The summed E-state index contributed by atoms with van der Waals surface area (Å²) in [6.07, 6.45) is 1.50. The molecule has 35 heavy (non-hydrogen) atoms. The van der Waals surface area contributed by atoms with E-state index in [0.29, 0.717) is 21.9 Å². The van der Waals surface area contributed by atoms with Crippen LogP contribution in [0.4, 0.5) is 0 Å². The second kappa shape index (κ2) is 12.4. The van der Waals surface area contributed by atoms with Crippen LogP contribution in [0.2, 0.25) is 5.02 Å². The molecular formula is C27H25ClN4O3. The molecule has 0 saturated carbocycles. The highest BCUT2D eigenvalue weighted by atomic mass is 35.5. The molecule has 0 bridgehead atoms. The smallest absolute Gasteiger partial charge is 0.262 e. The van der Waals surface area contributed by atoms with Crippen molar-refractivity contribution in [1.82, 2.24) is 10.7 Å². The van der Waals surface area contributed by atoms with E-state index in [1.807, 2.05) is 32.0 Å². The second-order valence-corrected chi connectivity index (χ2v) is 8.44. The Morgan fingerprint density at radius 2 is 1.74 bits per heavy atom. The predicted octanol–water partition coefficient (Wildman–Crippen LogP) is 4.70. The highest BCUT2D eigenvalue weighted by Crippen LogP contribution is 2.17. The lowest BCUT2D eigenvalue weighted by Gasteiger charge is -2.20. The van der Waals surface area contributed by atoms with Crippen molar-refractivity contribution in [2.24, 2.45) is 11.0 Å². The quantitative estimate of drug-likeness (QED) is 0.336. The molecule has 2 amide bonds. The summed E-state index contributed by atoms with van der Waals surface area (Å²) in [5.41, 5.74) is 4.91. The van der Waals surface area contributed by atoms with Crippen molar-refractivity contribution in [3.05, 3.63) is 100 Å². The summed E-state index contributed by atoms with van der Waals surface area (Å²) in [5.74, 6) is -0.394. The van der Waals surface area contributed by atoms with Crippen LogP contribution in [0, 0.1) is 17.2 Å². The van der Waals surface area contributed by atoms with E-state index in [-0.39, 0.29) is 12.5 Å². The molecule has 8 heteroatoms. The van der Waals surface area contributed by atoms with Gasteiger partial charge < -0.3 is 10.1 Å². The van der Waals surface area contributed by atoms with Gasteiger partial charge in [0.1, 0.15) is 18.4 Å². The third kappa shape index (κ3) is 7.16. The fourth-order valence-electron chi connectivity index (χ4n) is 3.21. The van der Waals surface area contributed by atoms with Crippen LogP contribution in [0.3, 0.4) is 0 Å². The van der Waals surface area contributed by atoms with Crippen LogP contribution in [0.5, 0.6) is 5.75 Å². The molecule has 0 spiro atoms. The number of carbonyl (C=O) groups is 2. The maximum Gasteiger partial charge on any atom is 0.262 e. The van der Waals surface area contributed by atoms with Gasteiger partial charge in [-0.15, -0.1) is 0 Å². The van der Waals surface area contributed by atoms with Crippen molar-refractivity contribution >= 4 is 29.6 Å². The number of nitriles is 1. The molecule has 0 aliphatic heterocycles. The summed E-state index contributed by atoms with van der Waals surface area (Å²) < 4.78 is 5.76. The van der Waals surface area contributed by atoms with Crippen LogP contribution in [-0.2, 0) is 11.4 Å². The normalized spacial score (nSPS) is 11.6. The van der Waals surface area contributed by atoms with Gasteiger partial charge in [-0.3, -0.25) is 9.59 Å². The molecule has 0 aromatic heterocycles. The molecule has 3 aromatic carbocycles. The number of hydrogen-bond acceptors (Lipinski definition) is 5. The monoisotopic (exact) mass is 488 g/mol. The first kappa shape index (κ1) is 25.5. The van der Waals surface area contributed by atoms with Crippen LogP contribution in [0.1, 0.15) is 40.9 Å². The van der Waals surface area contributed by atoms with Crippen molar-refractivity contribution < 1.29 is 14.3 Å². The zero-order valence-electron chi connectivity index (χ0n) is 19.4. The molecule has 2 N–H and O–H groups in total. The number of halogens is 1. The van der Waals surface area contributed by atoms with Gasteiger partial charge in [0.2, 0.25) is 0 Å². The number of amides is 2. The number of ether oxygens (including phenoxy) is 1. The zero-order chi connectivity index (χ0) is 25.2. The standard InChI is InChI=1S/C27H25ClN4O3/c1-18(2)25(31-26(33)23-9-5-6-10-24(23)28)27(34)32-30-16-19-11-13-22(14-12-19)35-17-21-8-4-3-7-20(21)15-29/h3-14,16,18,25H,17H2,1-2H3,(H,31,33)(H,32,34). The molecule has 0 heterocycles. The average molecular weight is 489 g/mol. The number of nitrogens with one attached hydrogen (secondary N) is 2. The molecule has 7 nitrogen and oxygen atoms in total. The van der Waals surface area contributed by atoms with E-state index in [2.05, 4.69) is 21.9 Å². The lowest BCUT2D eigenvalue weighted by Crippen LogP contribution is -2.48. The van der Waals surface area contributed by atoms with Crippen LogP contribution in [0.25, 0.3) is 0 Å². The summed E-state index contributed by atoms with van der Waals surface area (Å²) in [6, 6.07) is 22.4. The Morgan fingerprint density at radius 1 is 1.06 bits per heavy atom. The molecule has 1 unspecified atom stereocenters. The summed E-state index contributed by atoms with van der Waals surface area (Å²) in [7, 11) is 0. The summed E-state index contributed by atoms with van der Waals surface area (Å²) in [4.78, 5) is 25.2. The fourth-order valence-corrected chi connectivity index (χ4v) is 3.43. The molecule has 1 atom stereocenters. The predicted molar refractivity (Wildman–Crippen MR) is 135 cm³/mol. The summed E-state index contributed by atoms with van der Waals surface area (Å²) >= 11 is 6.08. The molecule has 0 aliphatic carbocycles. The van der Waals surface area contributed by atoms with Gasteiger partial charge in [0.15, 0.2) is 0 Å². The second-order valence-electron chi connectivity index (χ2n) is 8.04. The third-order valence-electron chi connectivity index (χ3n) is 5.15. The molecule has 0 aliphatic rings. The molecule has 3 aromatic rings. The Hall–Kier alpha value is -4.15. The Kier molecular flexibility index (Phi) is 8.99. The summed E-state index contributed by atoms with van der Waals surface area (Å²) in [5, 5.41) is 16.2. The SMILES string of the molecule is CC(C)C(NC(=O)c1ccccc1Cl)C(=O)NN=Cc1ccc(OCc2ccccc2C#N)cc1. The zero-order valence-corrected chi connectivity index (χ0v) is 20.1. The largest absolute Gasteiger partial charge is 0.489 e. The Bertz CT molecular complexity index is 1250. The first-order valence-electron chi connectivity index (χ1n) is 11.0. The van der Waals surface area contributed by atoms with Crippen LogP contribution < -0.4 is 15.5 Å². The number of benzene rings is 3. The molecule has 3 rings (SSSR count). The van der Waals surface area contributed by atoms with E-state index in [9.17, 15) is 9.59 Å². The minimum Gasteiger partial charge on any atom is -0.489 e. The van der Waals surface area contributed by atoms with E-state index in [0.717, 1.165) is 11.1 Å². The Morgan fingerprint density at radius 3 is 2.43 bits per heavy atom. The maximum absolute atomic E-state index is 12.6. The maximum atomic E-state index is 12.6. The van der Waals surface area contributed by atoms with Crippen molar-refractivity contribution in [2.45, 2.75) is 26.5 Å². The van der Waals surface area contributed by atoms with Gasteiger partial charge in [-0.05, 0) is 53.9 Å². The van der Waals surface area contributed by atoms with Crippen LogP contribution in [-0.4, -0.2) is 24.1 Å². The minimum atomic E-state index is -0.789. The highest BCUT2D eigenvalue weighted by Gasteiger charge is 2.25. The average Bonchev–Trinajstić information content (AvgIpc) is 2.86. The van der Waals surface area contributed by atoms with E-state index < -0.39 is 17.9 Å². The third-order valence-corrected chi connectivity index (χ3v) is 5.48. The first-order chi connectivity index (χ1) is 16.9. The lowest BCUT2D eigenvalue weighted by atomic mass is 10.0. The van der Waals surface area contributed by atoms with E-state index in [1.54, 1.807) is 54.6 Å². The van der Waals surface area contributed by atoms with Gasteiger partial charge >= 0.3 is 0 Å². The van der Waals surface area contributed by atoms with Gasteiger partial charge in [-0.1, -0.05) is 55.8 Å². The number of hydrogen-bond donors (Lipinski definition) is 2. The molecular weight excluding hydrogens is 464 g/mol. The number of nitrogens with zero attached hydrogens (tertiary/aromatic N) is 2. The Labute approximate surface area is 209 Å². The van der Waals surface area contributed by atoms with Gasteiger partial charge in [-0.25, -0.2) is 5.43 Å². The van der Waals surface area contributed by atoms with Crippen LogP contribution >= 0.6 is 11.6 Å². The first-order valence-corrected chi connectivity index (χ1v) is 11.4. The summed E-state index contributed by atoms with van der Waals surface area (Å²) in [6.45, 7) is 3.94. The Balaban J connectivity index is 1.55. The lowest BCUT2D eigenvalue weighted by molar-refractivity contribution is -0.123.